The summed E-state index contributed by atoms with van der Waals surface area (Å²) in [6.07, 6.45) is 1.76. The van der Waals surface area contributed by atoms with Crippen LogP contribution in [-0.2, 0) is 5.54 Å². The van der Waals surface area contributed by atoms with Crippen LogP contribution in [0.3, 0.4) is 0 Å². The minimum absolute atomic E-state index is 0.102. The van der Waals surface area contributed by atoms with Gasteiger partial charge in [0.25, 0.3) is 0 Å². The Morgan fingerprint density at radius 1 is 1.60 bits per heavy atom. The zero-order valence-electron chi connectivity index (χ0n) is 6.26. The van der Waals surface area contributed by atoms with Crippen molar-refractivity contribution in [1.29, 1.82) is 0 Å². The third-order valence-electron chi connectivity index (χ3n) is 1.10. The maximum absolute atomic E-state index is 5.65. The van der Waals surface area contributed by atoms with Gasteiger partial charge in [-0.2, -0.15) is 3.96 Å². The number of hydrogen-bond acceptors (Lipinski definition) is 2. The molecule has 0 bridgehead atoms. The van der Waals surface area contributed by atoms with E-state index in [4.69, 9.17) is 11.6 Å². The van der Waals surface area contributed by atoms with E-state index in [1.54, 1.807) is 6.33 Å². The SMILES string of the molecule is CC(C)(C)[n+]1cnc(Cl)s1. The van der Waals surface area contributed by atoms with Crippen molar-refractivity contribution >= 4 is 23.1 Å². The van der Waals surface area contributed by atoms with Gasteiger partial charge in [-0.1, -0.05) is 0 Å². The van der Waals surface area contributed by atoms with Crippen LogP contribution in [-0.4, -0.2) is 4.98 Å². The number of halogens is 1. The molecule has 0 atom stereocenters. The molecule has 2 nitrogen and oxygen atoms in total. The predicted molar refractivity (Wildman–Crippen MR) is 42.3 cm³/mol. The normalized spacial score (nSPS) is 12.0. The largest absolute Gasteiger partial charge is 0.333 e. The van der Waals surface area contributed by atoms with Crippen LogP contribution in [0.5, 0.6) is 0 Å². The molecule has 0 aliphatic rings. The lowest BCUT2D eigenvalue weighted by atomic mass is 10.1. The Kier molecular flexibility index (Phi) is 1.97. The quantitative estimate of drug-likeness (QED) is 0.553. The smallest absolute Gasteiger partial charge is 0.169 e. The van der Waals surface area contributed by atoms with Crippen molar-refractivity contribution in [2.75, 3.05) is 0 Å². The average molecular weight is 178 g/mol. The third-order valence-corrected chi connectivity index (χ3v) is 2.50. The number of hydrogen-bond donors (Lipinski definition) is 0. The molecule has 0 radical (unpaired) electrons. The zero-order chi connectivity index (χ0) is 7.78. The van der Waals surface area contributed by atoms with Crippen molar-refractivity contribution < 1.29 is 3.96 Å². The highest BCUT2D eigenvalue weighted by Crippen LogP contribution is 2.11. The van der Waals surface area contributed by atoms with Crippen molar-refractivity contribution in [2.45, 2.75) is 26.3 Å². The first-order chi connectivity index (χ1) is 4.50. The number of nitrogens with zero attached hydrogens (tertiary/aromatic N) is 2. The van der Waals surface area contributed by atoms with E-state index >= 15 is 0 Å². The van der Waals surface area contributed by atoms with Gasteiger partial charge in [0, 0.05) is 0 Å². The van der Waals surface area contributed by atoms with E-state index in [1.165, 1.54) is 11.5 Å². The highest BCUT2D eigenvalue weighted by molar-refractivity contribution is 7.06. The fourth-order valence-electron chi connectivity index (χ4n) is 0.536. The van der Waals surface area contributed by atoms with E-state index in [-0.39, 0.29) is 5.54 Å². The zero-order valence-corrected chi connectivity index (χ0v) is 7.83. The van der Waals surface area contributed by atoms with Gasteiger partial charge in [0.2, 0.25) is 0 Å². The highest BCUT2D eigenvalue weighted by Gasteiger charge is 2.21. The molecule has 0 fully saturated rings. The van der Waals surface area contributed by atoms with Gasteiger partial charge in [0.05, 0.1) is 0 Å². The van der Waals surface area contributed by atoms with E-state index in [0.29, 0.717) is 4.47 Å². The molecule has 0 saturated carbocycles. The summed E-state index contributed by atoms with van der Waals surface area (Å²) in [6, 6.07) is 0. The summed E-state index contributed by atoms with van der Waals surface area (Å²) in [5, 5.41) is 0. The number of rotatable bonds is 0. The summed E-state index contributed by atoms with van der Waals surface area (Å²) in [5.74, 6) is 0. The van der Waals surface area contributed by atoms with Crippen LogP contribution >= 0.6 is 23.1 Å². The molecule has 0 aliphatic heterocycles. The summed E-state index contributed by atoms with van der Waals surface area (Å²) >= 11 is 7.12. The van der Waals surface area contributed by atoms with Crippen LogP contribution in [0.1, 0.15) is 20.8 Å². The van der Waals surface area contributed by atoms with Gasteiger partial charge < -0.3 is 0 Å². The molecular formula is C6H10ClN2S+. The fraction of sp³-hybridized carbons (Fsp3) is 0.667. The predicted octanol–water partition coefficient (Wildman–Crippen LogP) is 1.84. The van der Waals surface area contributed by atoms with Crippen LogP contribution in [0.15, 0.2) is 6.33 Å². The Labute approximate surface area is 69.6 Å². The van der Waals surface area contributed by atoms with Crippen molar-refractivity contribution in [2.24, 2.45) is 0 Å². The maximum Gasteiger partial charge on any atom is 0.333 e. The van der Waals surface area contributed by atoms with Gasteiger partial charge >= 0.3 is 10.8 Å². The maximum atomic E-state index is 5.65. The van der Waals surface area contributed by atoms with Gasteiger partial charge in [0.1, 0.15) is 17.1 Å². The third kappa shape index (κ3) is 1.67. The van der Waals surface area contributed by atoms with Crippen molar-refractivity contribution in [3.8, 4) is 0 Å². The standard InChI is InChI=1S/C6H10ClN2S/c1-6(2,3)9-4-8-5(7)10-9/h4H,1-3H3/q+1. The van der Waals surface area contributed by atoms with Crippen LogP contribution < -0.4 is 3.96 Å². The van der Waals surface area contributed by atoms with Gasteiger partial charge in [-0.3, -0.25) is 0 Å². The van der Waals surface area contributed by atoms with Crippen molar-refractivity contribution in [3.63, 3.8) is 0 Å². The molecule has 0 aromatic carbocycles. The summed E-state index contributed by atoms with van der Waals surface area (Å²) in [7, 11) is 0. The van der Waals surface area contributed by atoms with Crippen LogP contribution in [0.2, 0.25) is 4.47 Å². The molecule has 0 amide bonds. The van der Waals surface area contributed by atoms with Gasteiger partial charge in [-0.15, -0.1) is 0 Å². The lowest BCUT2D eigenvalue weighted by molar-refractivity contribution is -0.693. The average Bonchev–Trinajstić information content (AvgIpc) is 2.11. The molecule has 1 aromatic heterocycles. The Bertz CT molecular complexity index is 226. The minimum Gasteiger partial charge on any atom is -0.169 e. The Balaban J connectivity index is 2.96. The van der Waals surface area contributed by atoms with Crippen molar-refractivity contribution in [3.05, 3.63) is 10.8 Å². The van der Waals surface area contributed by atoms with Gasteiger partial charge in [-0.05, 0) is 37.4 Å². The molecule has 56 valence electrons. The lowest BCUT2D eigenvalue weighted by Crippen LogP contribution is -2.46. The molecule has 0 spiro atoms. The molecule has 0 aliphatic carbocycles. The first-order valence-electron chi connectivity index (χ1n) is 3.04. The molecule has 1 rings (SSSR count). The van der Waals surface area contributed by atoms with Crippen LogP contribution in [0.25, 0.3) is 0 Å². The Morgan fingerprint density at radius 3 is 2.40 bits per heavy atom. The van der Waals surface area contributed by atoms with E-state index in [9.17, 15) is 0 Å². The molecule has 10 heavy (non-hydrogen) atoms. The first-order valence-corrected chi connectivity index (χ1v) is 4.19. The molecule has 0 saturated heterocycles. The molecule has 0 N–H and O–H groups in total. The topological polar surface area (TPSA) is 16.8 Å². The van der Waals surface area contributed by atoms with Crippen molar-refractivity contribution in [1.82, 2.24) is 4.98 Å². The fourth-order valence-corrected chi connectivity index (χ4v) is 1.43. The molecule has 0 unspecified atom stereocenters. The lowest BCUT2D eigenvalue weighted by Gasteiger charge is -2.10. The van der Waals surface area contributed by atoms with E-state index in [0.717, 1.165) is 0 Å². The molecular weight excluding hydrogens is 168 g/mol. The van der Waals surface area contributed by atoms with E-state index < -0.39 is 0 Å². The Hall–Kier alpha value is -0.150. The monoisotopic (exact) mass is 177 g/mol. The second-order valence-corrected chi connectivity index (χ2v) is 4.63. The summed E-state index contributed by atoms with van der Waals surface area (Å²) in [6.45, 7) is 6.34. The second-order valence-electron chi connectivity index (χ2n) is 3.09. The van der Waals surface area contributed by atoms with Gasteiger partial charge in [0.15, 0.2) is 0 Å². The van der Waals surface area contributed by atoms with E-state index in [1.807, 2.05) is 3.96 Å². The van der Waals surface area contributed by atoms with E-state index in [2.05, 4.69) is 25.8 Å². The summed E-state index contributed by atoms with van der Waals surface area (Å²) < 4.78 is 2.62. The summed E-state index contributed by atoms with van der Waals surface area (Å²) in [4.78, 5) is 3.93. The summed E-state index contributed by atoms with van der Waals surface area (Å²) in [5.41, 5.74) is 0.102. The van der Waals surface area contributed by atoms with Crippen LogP contribution in [0.4, 0.5) is 0 Å². The second kappa shape index (κ2) is 2.47. The van der Waals surface area contributed by atoms with Gasteiger partial charge in [-0.25, -0.2) is 0 Å². The highest BCUT2D eigenvalue weighted by atomic mass is 35.5. The van der Waals surface area contributed by atoms with Crippen LogP contribution in [0, 0.1) is 0 Å². The molecule has 4 heteroatoms. The first kappa shape index (κ1) is 7.95. The number of aromatic nitrogens is 2. The molecule has 1 heterocycles. The Morgan fingerprint density at radius 2 is 2.20 bits per heavy atom. The molecule has 1 aromatic rings. The minimum atomic E-state index is 0.102.